The first-order valence-electron chi connectivity index (χ1n) is 3.55. The van der Waals surface area contributed by atoms with E-state index in [1.807, 2.05) is 0 Å². The first-order chi connectivity index (χ1) is 6.15. The van der Waals surface area contributed by atoms with E-state index in [2.05, 4.69) is 9.72 Å². The summed E-state index contributed by atoms with van der Waals surface area (Å²) in [6, 6.07) is 2.75. The van der Waals surface area contributed by atoms with Gasteiger partial charge in [-0.2, -0.15) is 0 Å². The van der Waals surface area contributed by atoms with Crippen LogP contribution in [0, 0.1) is 0 Å². The van der Waals surface area contributed by atoms with Gasteiger partial charge in [-0.1, -0.05) is 6.07 Å². The highest BCUT2D eigenvalue weighted by molar-refractivity contribution is 5.86. The van der Waals surface area contributed by atoms with E-state index in [4.69, 9.17) is 10.2 Å². The van der Waals surface area contributed by atoms with Crippen molar-refractivity contribution in [2.75, 3.05) is 7.11 Å². The summed E-state index contributed by atoms with van der Waals surface area (Å²) in [6.45, 7) is 0. The summed E-state index contributed by atoms with van der Waals surface area (Å²) < 4.78 is 4.41. The fraction of sp³-hybridized carbons (Fsp3) is 0.250. The van der Waals surface area contributed by atoms with Crippen molar-refractivity contribution in [1.82, 2.24) is 4.98 Å². The molecule has 0 radical (unpaired) electrons. The summed E-state index contributed by atoms with van der Waals surface area (Å²) in [7, 11) is 1.25. The second-order valence-corrected chi connectivity index (χ2v) is 2.34. The topological polar surface area (TPSA) is 79.7 Å². The Morgan fingerprint density at radius 1 is 1.54 bits per heavy atom. The molecule has 0 aliphatic carbocycles. The lowest BCUT2D eigenvalue weighted by Gasteiger charge is -2.03. The molecule has 0 atom stereocenters. The molecule has 70 valence electrons. The molecule has 0 unspecified atom stereocenters. The van der Waals surface area contributed by atoms with Gasteiger partial charge < -0.3 is 14.9 Å². The van der Waals surface area contributed by atoms with Gasteiger partial charge in [0.05, 0.1) is 7.11 Å². The molecule has 0 saturated heterocycles. The number of rotatable bonds is 2. The van der Waals surface area contributed by atoms with Crippen LogP contribution in [-0.4, -0.2) is 28.3 Å². The summed E-state index contributed by atoms with van der Waals surface area (Å²) in [6.07, 6.45) is -0.365. The van der Waals surface area contributed by atoms with E-state index in [9.17, 15) is 4.79 Å². The van der Waals surface area contributed by atoms with E-state index >= 15 is 0 Å². The van der Waals surface area contributed by atoms with E-state index in [0.29, 0.717) is 0 Å². The number of carbonyl (C=O) groups excluding carboxylic acids is 1. The van der Waals surface area contributed by atoms with Gasteiger partial charge in [0.25, 0.3) is 0 Å². The molecule has 0 aliphatic rings. The molecule has 1 rings (SSSR count). The van der Waals surface area contributed by atoms with E-state index in [-0.39, 0.29) is 11.3 Å². The maximum atomic E-state index is 10.9. The highest BCUT2D eigenvalue weighted by Gasteiger charge is 2.08. The van der Waals surface area contributed by atoms with Crippen molar-refractivity contribution in [3.05, 3.63) is 29.6 Å². The van der Waals surface area contributed by atoms with Gasteiger partial charge in [-0.25, -0.2) is 9.78 Å². The average molecular weight is 183 g/mol. The Hall–Kier alpha value is -1.46. The Labute approximate surface area is 74.6 Å². The molecular formula is C8H9NO4. The fourth-order valence-electron chi connectivity index (χ4n) is 0.783. The van der Waals surface area contributed by atoms with Gasteiger partial charge in [0, 0.05) is 11.8 Å². The van der Waals surface area contributed by atoms with Gasteiger partial charge in [-0.3, -0.25) is 0 Å². The maximum Gasteiger partial charge on any atom is 0.356 e. The molecule has 0 aliphatic heterocycles. The minimum Gasteiger partial charge on any atom is -0.464 e. The molecule has 1 aromatic rings. The maximum absolute atomic E-state index is 10.9. The third-order valence-electron chi connectivity index (χ3n) is 1.48. The van der Waals surface area contributed by atoms with Gasteiger partial charge >= 0.3 is 5.97 Å². The van der Waals surface area contributed by atoms with E-state index < -0.39 is 12.3 Å². The van der Waals surface area contributed by atoms with Crippen molar-refractivity contribution >= 4 is 5.97 Å². The van der Waals surface area contributed by atoms with Crippen molar-refractivity contribution in [3.63, 3.8) is 0 Å². The second kappa shape index (κ2) is 3.97. The smallest absolute Gasteiger partial charge is 0.356 e. The van der Waals surface area contributed by atoms with Gasteiger partial charge in [0.15, 0.2) is 6.29 Å². The number of aliphatic hydroxyl groups excluding tert-OH is 1. The molecule has 0 amide bonds. The van der Waals surface area contributed by atoms with Crippen LogP contribution in [0.5, 0.6) is 0 Å². The number of esters is 1. The van der Waals surface area contributed by atoms with Gasteiger partial charge in [0.1, 0.15) is 5.69 Å². The second-order valence-electron chi connectivity index (χ2n) is 2.34. The van der Waals surface area contributed by atoms with Gasteiger partial charge in [-0.15, -0.1) is 0 Å². The minimum atomic E-state index is -1.57. The summed E-state index contributed by atoms with van der Waals surface area (Å²) in [5.74, 6) is -0.557. The molecule has 0 saturated carbocycles. The highest BCUT2D eigenvalue weighted by Crippen LogP contribution is 2.08. The average Bonchev–Trinajstić information content (AvgIpc) is 2.17. The van der Waals surface area contributed by atoms with Crippen LogP contribution in [0.4, 0.5) is 0 Å². The van der Waals surface area contributed by atoms with Crippen molar-refractivity contribution < 1.29 is 19.7 Å². The van der Waals surface area contributed by atoms with Crippen LogP contribution in [0.1, 0.15) is 22.3 Å². The molecule has 0 spiro atoms. The fourth-order valence-corrected chi connectivity index (χ4v) is 0.783. The lowest BCUT2D eigenvalue weighted by molar-refractivity contribution is -0.0427. The summed E-state index contributed by atoms with van der Waals surface area (Å²) in [4.78, 5) is 14.6. The zero-order valence-electron chi connectivity index (χ0n) is 6.97. The van der Waals surface area contributed by atoms with Crippen molar-refractivity contribution in [2.45, 2.75) is 6.29 Å². The van der Waals surface area contributed by atoms with Crippen LogP contribution < -0.4 is 0 Å². The number of pyridine rings is 1. The first kappa shape index (κ1) is 9.63. The minimum absolute atomic E-state index is 0.131. The number of ether oxygens (including phenoxy) is 1. The normalized spacial score (nSPS) is 10.2. The Morgan fingerprint density at radius 2 is 2.23 bits per heavy atom. The van der Waals surface area contributed by atoms with Gasteiger partial charge in [-0.05, 0) is 6.07 Å². The SMILES string of the molecule is COC(=O)c1ccc(C(O)O)cn1. The first-order valence-corrected chi connectivity index (χ1v) is 3.55. The Kier molecular flexibility index (Phi) is 2.94. The zero-order valence-corrected chi connectivity index (χ0v) is 6.97. The molecule has 0 bridgehead atoms. The van der Waals surface area contributed by atoms with E-state index in [1.165, 1.54) is 25.4 Å². The number of hydrogen-bond donors (Lipinski definition) is 2. The number of aliphatic hydroxyl groups is 2. The van der Waals surface area contributed by atoms with E-state index in [0.717, 1.165) is 0 Å². The molecule has 1 heterocycles. The molecule has 0 aromatic carbocycles. The van der Waals surface area contributed by atoms with Crippen LogP contribution >= 0.6 is 0 Å². The summed E-state index contributed by atoms with van der Waals surface area (Å²) in [5, 5.41) is 17.4. The third-order valence-corrected chi connectivity index (χ3v) is 1.48. The van der Waals surface area contributed by atoms with E-state index in [1.54, 1.807) is 0 Å². The third kappa shape index (κ3) is 2.24. The van der Waals surface area contributed by atoms with Gasteiger partial charge in [0.2, 0.25) is 0 Å². The Balaban J connectivity index is 2.87. The molecule has 0 fully saturated rings. The van der Waals surface area contributed by atoms with Crippen LogP contribution in [0.15, 0.2) is 18.3 Å². The number of carbonyl (C=O) groups is 1. The predicted octanol–water partition coefficient (Wildman–Crippen LogP) is -0.149. The van der Waals surface area contributed by atoms with Crippen LogP contribution in [-0.2, 0) is 4.74 Å². The van der Waals surface area contributed by atoms with Crippen molar-refractivity contribution in [1.29, 1.82) is 0 Å². The van der Waals surface area contributed by atoms with Crippen LogP contribution in [0.25, 0.3) is 0 Å². The number of aromatic nitrogens is 1. The predicted molar refractivity (Wildman–Crippen MR) is 42.8 cm³/mol. The van der Waals surface area contributed by atoms with Crippen molar-refractivity contribution in [3.8, 4) is 0 Å². The number of nitrogens with zero attached hydrogens (tertiary/aromatic N) is 1. The molecule has 5 heteroatoms. The lowest BCUT2D eigenvalue weighted by atomic mass is 10.2. The molecule has 13 heavy (non-hydrogen) atoms. The Bertz CT molecular complexity index is 294. The molecule has 1 aromatic heterocycles. The zero-order chi connectivity index (χ0) is 9.84. The largest absolute Gasteiger partial charge is 0.464 e. The summed E-state index contributed by atoms with van der Waals surface area (Å²) in [5.41, 5.74) is 0.361. The van der Waals surface area contributed by atoms with Crippen LogP contribution in [0.3, 0.4) is 0 Å². The molecular weight excluding hydrogens is 174 g/mol. The standard InChI is InChI=1S/C8H9NO4/c1-13-8(12)6-3-2-5(4-9-6)7(10)11/h2-4,7,10-11H,1H3. The number of hydrogen-bond acceptors (Lipinski definition) is 5. The highest BCUT2D eigenvalue weighted by atomic mass is 16.5. The van der Waals surface area contributed by atoms with Crippen LogP contribution in [0.2, 0.25) is 0 Å². The molecule has 5 nitrogen and oxygen atoms in total. The summed E-state index contributed by atoms with van der Waals surface area (Å²) >= 11 is 0. The lowest BCUT2D eigenvalue weighted by Crippen LogP contribution is -2.05. The molecule has 2 N–H and O–H groups in total. The number of methoxy groups -OCH3 is 1. The van der Waals surface area contributed by atoms with Crippen molar-refractivity contribution in [2.24, 2.45) is 0 Å². The Morgan fingerprint density at radius 3 is 2.62 bits per heavy atom. The monoisotopic (exact) mass is 183 g/mol. The quantitative estimate of drug-likeness (QED) is 0.492.